The third kappa shape index (κ3) is 1.85. The van der Waals surface area contributed by atoms with Crippen molar-refractivity contribution in [3.8, 4) is 0 Å². The highest BCUT2D eigenvalue weighted by Gasteiger charge is 2.23. The van der Waals surface area contributed by atoms with Gasteiger partial charge < -0.3 is 25.5 Å². The number of H-pyrrole nitrogens is 1. The highest BCUT2D eigenvalue weighted by atomic mass is 16.5. The number of aliphatic hydroxyl groups is 1. The molecule has 8 heteroatoms. The summed E-state index contributed by atoms with van der Waals surface area (Å²) in [5, 5.41) is 9.15. The van der Waals surface area contributed by atoms with E-state index in [4.69, 9.17) is 15.6 Å². The molecular formula is C10H14N6O2. The van der Waals surface area contributed by atoms with Gasteiger partial charge in [-0.2, -0.15) is 9.97 Å². The van der Waals surface area contributed by atoms with Gasteiger partial charge in [0.05, 0.1) is 25.6 Å². The van der Waals surface area contributed by atoms with Crippen LogP contribution in [0.5, 0.6) is 0 Å². The smallest absolute Gasteiger partial charge is 0.224 e. The molecule has 18 heavy (non-hydrogen) atoms. The van der Waals surface area contributed by atoms with E-state index < -0.39 is 0 Å². The van der Waals surface area contributed by atoms with Crippen molar-refractivity contribution < 1.29 is 9.84 Å². The lowest BCUT2D eigenvalue weighted by molar-refractivity contribution is 0.00343. The number of hydrogen-bond donors (Lipinski definition) is 3. The lowest BCUT2D eigenvalue weighted by Crippen LogP contribution is -2.44. The van der Waals surface area contributed by atoms with E-state index in [-0.39, 0.29) is 18.7 Å². The fourth-order valence-corrected chi connectivity index (χ4v) is 2.09. The molecule has 0 bridgehead atoms. The van der Waals surface area contributed by atoms with Crippen LogP contribution in [0.3, 0.4) is 0 Å². The van der Waals surface area contributed by atoms with Crippen molar-refractivity contribution in [3.63, 3.8) is 0 Å². The summed E-state index contributed by atoms with van der Waals surface area (Å²) in [7, 11) is 0. The predicted octanol–water partition coefficient (Wildman–Crippen LogP) is -0.867. The molecule has 1 aliphatic rings. The molecule has 2 aromatic rings. The van der Waals surface area contributed by atoms with Gasteiger partial charge in [0.1, 0.15) is 5.52 Å². The molecule has 0 saturated carbocycles. The number of aliphatic hydroxyl groups excluding tert-OH is 1. The minimum absolute atomic E-state index is 0.0107. The normalized spacial score (nSPS) is 20.5. The number of imidazole rings is 1. The van der Waals surface area contributed by atoms with Gasteiger partial charge in [-0.1, -0.05) is 0 Å². The number of hydrogen-bond acceptors (Lipinski definition) is 7. The molecule has 1 fully saturated rings. The van der Waals surface area contributed by atoms with Crippen LogP contribution in [0.25, 0.3) is 11.2 Å². The van der Waals surface area contributed by atoms with Crippen LogP contribution in [0.2, 0.25) is 0 Å². The van der Waals surface area contributed by atoms with Crippen LogP contribution in [0.15, 0.2) is 6.33 Å². The molecule has 4 N–H and O–H groups in total. The first-order valence-corrected chi connectivity index (χ1v) is 5.72. The Morgan fingerprint density at radius 2 is 2.44 bits per heavy atom. The summed E-state index contributed by atoms with van der Waals surface area (Å²) in [6.07, 6.45) is 1.36. The van der Waals surface area contributed by atoms with Gasteiger partial charge in [0.15, 0.2) is 11.5 Å². The standard InChI is InChI=1S/C10H14N6O2/c11-10-14-8-7(12-5-13-8)9(15-10)16-1-2-18-6(3-16)4-17/h5-6,17H,1-4H2,(H3,11,12,13,14,15). The minimum Gasteiger partial charge on any atom is -0.394 e. The number of morpholine rings is 1. The molecule has 0 aliphatic carbocycles. The highest BCUT2D eigenvalue weighted by Crippen LogP contribution is 2.23. The molecule has 3 rings (SSSR count). The van der Waals surface area contributed by atoms with E-state index in [0.29, 0.717) is 31.2 Å². The van der Waals surface area contributed by atoms with Gasteiger partial charge in [0.2, 0.25) is 5.95 Å². The maximum atomic E-state index is 9.15. The lowest BCUT2D eigenvalue weighted by atomic mass is 10.3. The van der Waals surface area contributed by atoms with Crippen molar-refractivity contribution in [2.45, 2.75) is 6.10 Å². The summed E-state index contributed by atoms with van der Waals surface area (Å²) in [5.74, 6) is 0.897. The van der Waals surface area contributed by atoms with Crippen LogP contribution in [0.4, 0.5) is 11.8 Å². The van der Waals surface area contributed by atoms with Crippen LogP contribution >= 0.6 is 0 Å². The second-order valence-corrected chi connectivity index (χ2v) is 4.13. The maximum Gasteiger partial charge on any atom is 0.224 e. The van der Waals surface area contributed by atoms with Crippen molar-refractivity contribution in [2.24, 2.45) is 0 Å². The summed E-state index contributed by atoms with van der Waals surface area (Å²) < 4.78 is 5.41. The van der Waals surface area contributed by atoms with Crippen LogP contribution in [0, 0.1) is 0 Å². The van der Waals surface area contributed by atoms with E-state index >= 15 is 0 Å². The Morgan fingerprint density at radius 3 is 3.28 bits per heavy atom. The summed E-state index contributed by atoms with van der Waals surface area (Å²) >= 11 is 0. The Balaban J connectivity index is 2.00. The SMILES string of the molecule is Nc1nc(N2CCOC(CO)C2)c2[nH]cnc2n1. The van der Waals surface area contributed by atoms with E-state index in [9.17, 15) is 0 Å². The van der Waals surface area contributed by atoms with E-state index in [0.717, 1.165) is 5.52 Å². The number of ether oxygens (including phenoxy) is 1. The first kappa shape index (κ1) is 11.2. The number of nitrogens with two attached hydrogens (primary N) is 1. The van der Waals surface area contributed by atoms with Gasteiger partial charge in [0.25, 0.3) is 0 Å². The largest absolute Gasteiger partial charge is 0.394 e. The molecule has 1 aliphatic heterocycles. The van der Waals surface area contributed by atoms with Crippen LogP contribution in [0.1, 0.15) is 0 Å². The first-order valence-electron chi connectivity index (χ1n) is 5.72. The molecule has 2 aromatic heterocycles. The fourth-order valence-electron chi connectivity index (χ4n) is 2.09. The third-order valence-electron chi connectivity index (χ3n) is 2.93. The first-order chi connectivity index (χ1) is 8.78. The molecule has 8 nitrogen and oxygen atoms in total. The Kier molecular flexibility index (Phi) is 2.73. The summed E-state index contributed by atoms with van der Waals surface area (Å²) in [4.78, 5) is 17.4. The molecule has 1 saturated heterocycles. The lowest BCUT2D eigenvalue weighted by Gasteiger charge is -2.32. The Labute approximate surface area is 103 Å². The Morgan fingerprint density at radius 1 is 1.56 bits per heavy atom. The molecule has 0 radical (unpaired) electrons. The number of fused-ring (bicyclic) bond motifs is 1. The van der Waals surface area contributed by atoms with Crippen molar-refractivity contribution in [3.05, 3.63) is 6.33 Å². The van der Waals surface area contributed by atoms with E-state index in [1.165, 1.54) is 0 Å². The second kappa shape index (κ2) is 4.39. The van der Waals surface area contributed by atoms with Crippen LogP contribution in [-0.2, 0) is 4.74 Å². The minimum atomic E-state index is -0.201. The van der Waals surface area contributed by atoms with Crippen molar-refractivity contribution in [1.82, 2.24) is 19.9 Å². The van der Waals surface area contributed by atoms with E-state index in [2.05, 4.69) is 19.9 Å². The van der Waals surface area contributed by atoms with E-state index in [1.54, 1.807) is 6.33 Å². The van der Waals surface area contributed by atoms with Crippen LogP contribution in [-0.4, -0.2) is 57.4 Å². The molecule has 0 spiro atoms. The summed E-state index contributed by atoms with van der Waals surface area (Å²) in [5.41, 5.74) is 6.97. The number of aromatic nitrogens is 4. The maximum absolute atomic E-state index is 9.15. The van der Waals surface area contributed by atoms with E-state index in [1.807, 2.05) is 4.90 Å². The quantitative estimate of drug-likeness (QED) is 0.635. The van der Waals surface area contributed by atoms with Gasteiger partial charge >= 0.3 is 0 Å². The number of nitrogen functional groups attached to an aromatic ring is 1. The monoisotopic (exact) mass is 250 g/mol. The van der Waals surface area contributed by atoms with Crippen LogP contribution < -0.4 is 10.6 Å². The number of nitrogens with one attached hydrogen (secondary N) is 1. The van der Waals surface area contributed by atoms with Gasteiger partial charge in [0, 0.05) is 13.1 Å². The number of anilines is 2. The average molecular weight is 250 g/mol. The molecule has 0 amide bonds. The third-order valence-corrected chi connectivity index (χ3v) is 2.93. The zero-order chi connectivity index (χ0) is 12.5. The Hall–Kier alpha value is -1.93. The zero-order valence-electron chi connectivity index (χ0n) is 9.70. The van der Waals surface area contributed by atoms with Crippen molar-refractivity contribution in [1.29, 1.82) is 0 Å². The van der Waals surface area contributed by atoms with Crippen molar-refractivity contribution >= 4 is 22.9 Å². The highest BCUT2D eigenvalue weighted by molar-refractivity contribution is 5.84. The summed E-state index contributed by atoms with van der Waals surface area (Å²) in [6, 6.07) is 0. The Bertz CT molecular complexity index is 556. The zero-order valence-corrected chi connectivity index (χ0v) is 9.70. The summed E-state index contributed by atoms with van der Waals surface area (Å²) in [6.45, 7) is 1.80. The average Bonchev–Trinajstić information content (AvgIpc) is 2.85. The second-order valence-electron chi connectivity index (χ2n) is 4.13. The molecule has 96 valence electrons. The molecule has 3 heterocycles. The topological polar surface area (TPSA) is 113 Å². The van der Waals surface area contributed by atoms with Gasteiger partial charge in [-0.05, 0) is 0 Å². The molecule has 1 atom stereocenters. The van der Waals surface area contributed by atoms with Gasteiger partial charge in [-0.3, -0.25) is 0 Å². The van der Waals surface area contributed by atoms with Crippen molar-refractivity contribution in [2.75, 3.05) is 36.9 Å². The number of rotatable bonds is 2. The molecular weight excluding hydrogens is 236 g/mol. The fraction of sp³-hybridized carbons (Fsp3) is 0.500. The molecule has 0 aromatic carbocycles. The number of nitrogens with zero attached hydrogens (tertiary/aromatic N) is 4. The van der Waals surface area contributed by atoms with Gasteiger partial charge in [-0.25, -0.2) is 4.98 Å². The number of aromatic amines is 1. The molecule has 1 unspecified atom stereocenters. The van der Waals surface area contributed by atoms with Gasteiger partial charge in [-0.15, -0.1) is 0 Å². The predicted molar refractivity (Wildman–Crippen MR) is 65.1 cm³/mol.